The highest BCUT2D eigenvalue weighted by molar-refractivity contribution is 5.76. The molecule has 0 aromatic heterocycles. The Hall–Kier alpha value is -1.66. The van der Waals surface area contributed by atoms with Crippen molar-refractivity contribution in [2.24, 2.45) is 0 Å². The smallest absolute Gasteiger partial charge is 0.305 e. The van der Waals surface area contributed by atoms with E-state index < -0.39 is 12.1 Å². The number of unbranched alkanes of at least 4 members (excludes halogenated alkanes) is 42. The van der Waals surface area contributed by atoms with Gasteiger partial charge >= 0.3 is 5.97 Å². The Labute approximate surface area is 411 Å². The quantitative estimate of drug-likeness (QED) is 0.0321. The molecule has 2 unspecified atom stereocenters. The van der Waals surface area contributed by atoms with Crippen molar-refractivity contribution in [2.75, 3.05) is 13.2 Å². The Morgan fingerprint density at radius 1 is 0.409 bits per heavy atom. The minimum Gasteiger partial charge on any atom is -0.466 e. The molecule has 0 bridgehead atoms. The second kappa shape index (κ2) is 55.9. The molecule has 0 heterocycles. The van der Waals surface area contributed by atoms with Gasteiger partial charge in [0.1, 0.15) is 0 Å². The van der Waals surface area contributed by atoms with Crippen LogP contribution in [0.4, 0.5) is 0 Å². The van der Waals surface area contributed by atoms with Gasteiger partial charge < -0.3 is 20.3 Å². The summed E-state index contributed by atoms with van der Waals surface area (Å²) in [4.78, 5) is 24.6. The van der Waals surface area contributed by atoms with Crippen molar-refractivity contribution >= 4 is 11.9 Å². The fourth-order valence-corrected chi connectivity index (χ4v) is 9.16. The molecule has 0 rings (SSSR count). The van der Waals surface area contributed by atoms with Crippen LogP contribution in [-0.4, -0.2) is 47.4 Å². The molecule has 3 N–H and O–H groups in total. The molecule has 390 valence electrons. The molecular weight excluding hydrogens is 815 g/mol. The maximum atomic E-state index is 12.5. The molecule has 0 aliphatic carbocycles. The average molecular weight is 931 g/mol. The van der Waals surface area contributed by atoms with E-state index in [0.717, 1.165) is 57.8 Å². The SMILES string of the molecule is CCCCCCCC/C=C\CCCCCCCCCC(=O)OCCCCCCCCCCCCC(=O)NC(CO)C(O)/C=C/CCCCCCCCCCCCCCCCCCCCCC. The van der Waals surface area contributed by atoms with Gasteiger partial charge in [0, 0.05) is 12.8 Å². The number of ether oxygens (including phenoxy) is 1. The Kier molecular flexibility index (Phi) is 54.5. The van der Waals surface area contributed by atoms with Crippen molar-refractivity contribution < 1.29 is 24.5 Å². The molecule has 0 radical (unpaired) electrons. The molecule has 0 fully saturated rings. The van der Waals surface area contributed by atoms with E-state index >= 15 is 0 Å². The molecule has 0 spiro atoms. The first kappa shape index (κ1) is 64.3. The molecule has 0 aliphatic heterocycles. The maximum absolute atomic E-state index is 12.5. The van der Waals surface area contributed by atoms with Crippen LogP contribution < -0.4 is 5.32 Å². The summed E-state index contributed by atoms with van der Waals surface area (Å²) in [5.74, 6) is -0.111. The number of esters is 1. The second-order valence-corrected chi connectivity index (χ2v) is 20.3. The van der Waals surface area contributed by atoms with E-state index in [9.17, 15) is 19.8 Å². The van der Waals surface area contributed by atoms with Gasteiger partial charge in [0.05, 0.1) is 25.4 Å². The zero-order valence-electron chi connectivity index (χ0n) is 44.4. The van der Waals surface area contributed by atoms with Crippen LogP contribution in [0.25, 0.3) is 0 Å². The van der Waals surface area contributed by atoms with Crippen LogP contribution in [0.2, 0.25) is 0 Å². The lowest BCUT2D eigenvalue weighted by molar-refractivity contribution is -0.143. The summed E-state index contributed by atoms with van der Waals surface area (Å²) < 4.78 is 5.47. The fourth-order valence-electron chi connectivity index (χ4n) is 9.16. The van der Waals surface area contributed by atoms with Gasteiger partial charge in [0.2, 0.25) is 5.91 Å². The molecule has 2 atom stereocenters. The second-order valence-electron chi connectivity index (χ2n) is 20.3. The molecule has 0 aromatic rings. The maximum Gasteiger partial charge on any atom is 0.305 e. The summed E-state index contributed by atoms with van der Waals surface area (Å²) in [5.41, 5.74) is 0. The lowest BCUT2D eigenvalue weighted by atomic mass is 10.0. The van der Waals surface area contributed by atoms with Crippen molar-refractivity contribution in [3.63, 3.8) is 0 Å². The minimum atomic E-state index is -0.860. The predicted molar refractivity (Wildman–Crippen MR) is 287 cm³/mol. The summed E-state index contributed by atoms with van der Waals surface area (Å²) in [6.45, 7) is 4.87. The number of rotatable bonds is 55. The lowest BCUT2D eigenvalue weighted by Crippen LogP contribution is -2.45. The average Bonchev–Trinajstić information content (AvgIpc) is 3.32. The van der Waals surface area contributed by atoms with Gasteiger partial charge in [-0.2, -0.15) is 0 Å². The Balaban J connectivity index is 3.50. The van der Waals surface area contributed by atoms with Gasteiger partial charge in [0.15, 0.2) is 0 Å². The van der Waals surface area contributed by atoms with Gasteiger partial charge in [-0.25, -0.2) is 0 Å². The molecular formula is C60H115NO5. The minimum absolute atomic E-state index is 0.0234. The number of allylic oxidation sites excluding steroid dienone is 3. The normalized spacial score (nSPS) is 12.7. The number of hydrogen-bond acceptors (Lipinski definition) is 5. The monoisotopic (exact) mass is 930 g/mol. The number of amides is 1. The number of nitrogens with one attached hydrogen (secondary N) is 1. The fraction of sp³-hybridized carbons (Fsp3) is 0.900. The van der Waals surface area contributed by atoms with Crippen molar-refractivity contribution in [1.29, 1.82) is 0 Å². The summed E-state index contributed by atoms with van der Waals surface area (Å²) in [6.07, 6.45) is 67.7. The molecule has 1 amide bonds. The van der Waals surface area contributed by atoms with Gasteiger partial charge in [-0.3, -0.25) is 9.59 Å². The van der Waals surface area contributed by atoms with Crippen LogP contribution in [0, 0.1) is 0 Å². The van der Waals surface area contributed by atoms with Crippen molar-refractivity contribution in [3.05, 3.63) is 24.3 Å². The third-order valence-electron chi connectivity index (χ3n) is 13.7. The highest BCUT2D eigenvalue weighted by Crippen LogP contribution is 2.17. The van der Waals surface area contributed by atoms with E-state index in [1.165, 1.54) is 238 Å². The Bertz CT molecular complexity index is 1030. The number of aliphatic hydroxyl groups excluding tert-OH is 2. The third-order valence-corrected chi connectivity index (χ3v) is 13.7. The lowest BCUT2D eigenvalue weighted by Gasteiger charge is -2.20. The third kappa shape index (κ3) is 51.7. The zero-order chi connectivity index (χ0) is 47.9. The largest absolute Gasteiger partial charge is 0.466 e. The van der Waals surface area contributed by atoms with E-state index in [2.05, 4.69) is 31.3 Å². The zero-order valence-corrected chi connectivity index (χ0v) is 44.4. The van der Waals surface area contributed by atoms with Crippen LogP contribution in [0.15, 0.2) is 24.3 Å². The first-order valence-corrected chi connectivity index (χ1v) is 29.6. The van der Waals surface area contributed by atoms with E-state index in [0.29, 0.717) is 19.4 Å². The Morgan fingerprint density at radius 3 is 1.08 bits per heavy atom. The van der Waals surface area contributed by atoms with Crippen molar-refractivity contribution in [2.45, 2.75) is 334 Å². The molecule has 66 heavy (non-hydrogen) atoms. The van der Waals surface area contributed by atoms with Crippen LogP contribution in [0.1, 0.15) is 322 Å². The Morgan fingerprint density at radius 2 is 0.712 bits per heavy atom. The van der Waals surface area contributed by atoms with E-state index in [-0.39, 0.29) is 18.5 Å². The van der Waals surface area contributed by atoms with Crippen LogP contribution in [0.3, 0.4) is 0 Å². The number of carbonyl (C=O) groups is 2. The van der Waals surface area contributed by atoms with Crippen molar-refractivity contribution in [1.82, 2.24) is 5.32 Å². The van der Waals surface area contributed by atoms with Crippen LogP contribution in [0.5, 0.6) is 0 Å². The molecule has 0 aliphatic rings. The summed E-state index contributed by atoms with van der Waals surface area (Å²) in [7, 11) is 0. The van der Waals surface area contributed by atoms with Gasteiger partial charge in [0.25, 0.3) is 0 Å². The number of carbonyl (C=O) groups excluding carboxylic acids is 2. The summed E-state index contributed by atoms with van der Waals surface area (Å²) in [6, 6.07) is -0.646. The van der Waals surface area contributed by atoms with E-state index in [4.69, 9.17) is 4.74 Å². The summed E-state index contributed by atoms with van der Waals surface area (Å²) in [5, 5.41) is 23.2. The molecule has 0 saturated carbocycles. The molecule has 6 nitrogen and oxygen atoms in total. The van der Waals surface area contributed by atoms with Crippen molar-refractivity contribution in [3.8, 4) is 0 Å². The highest BCUT2D eigenvalue weighted by Gasteiger charge is 2.18. The summed E-state index contributed by atoms with van der Waals surface area (Å²) >= 11 is 0. The van der Waals surface area contributed by atoms with E-state index in [1.54, 1.807) is 6.08 Å². The molecule has 0 saturated heterocycles. The molecule has 0 aromatic carbocycles. The standard InChI is InChI=1S/C60H115NO5/c1-3-5-7-9-11-13-15-17-19-21-22-23-24-25-27-28-30-32-36-40-44-48-52-58(63)57(56-62)61-59(64)53-49-45-41-37-34-35-39-43-47-51-55-66-60(65)54-50-46-42-38-33-31-29-26-20-18-16-14-12-10-8-6-4-2/h18,20,48,52,57-58,62-63H,3-17,19,21-47,49-51,53-56H2,1-2H3,(H,61,64)/b20-18-,52-48+. The molecule has 6 heteroatoms. The predicted octanol–water partition coefficient (Wildman–Crippen LogP) is 18.2. The number of aliphatic hydroxyl groups is 2. The van der Waals surface area contributed by atoms with E-state index in [1.807, 2.05) is 6.08 Å². The number of hydrogen-bond donors (Lipinski definition) is 3. The van der Waals surface area contributed by atoms with Crippen LogP contribution >= 0.6 is 0 Å². The highest BCUT2D eigenvalue weighted by atomic mass is 16.5. The first-order valence-electron chi connectivity index (χ1n) is 29.6. The van der Waals surface area contributed by atoms with Gasteiger partial charge in [-0.05, 0) is 57.8 Å². The van der Waals surface area contributed by atoms with Gasteiger partial charge in [-0.1, -0.05) is 276 Å². The van der Waals surface area contributed by atoms with Crippen LogP contribution in [-0.2, 0) is 14.3 Å². The topological polar surface area (TPSA) is 95.9 Å². The van der Waals surface area contributed by atoms with Gasteiger partial charge in [-0.15, -0.1) is 0 Å². The first-order chi connectivity index (χ1) is 32.5.